The first-order chi connectivity index (χ1) is 15.0. The van der Waals surface area contributed by atoms with Crippen LogP contribution >= 0.6 is 11.3 Å². The molecular formula is C23H19NO6S. The van der Waals surface area contributed by atoms with E-state index in [0.717, 1.165) is 10.4 Å². The molecule has 1 aromatic carbocycles. The number of ether oxygens (including phenoxy) is 2. The Morgan fingerprint density at radius 1 is 1.16 bits per heavy atom. The van der Waals surface area contributed by atoms with E-state index in [4.69, 9.17) is 13.9 Å². The molecule has 3 aromatic rings. The fraction of sp³-hybridized carbons (Fsp3) is 0.217. The van der Waals surface area contributed by atoms with Gasteiger partial charge in [-0.2, -0.15) is 0 Å². The third-order valence-corrected chi connectivity index (χ3v) is 6.48. The van der Waals surface area contributed by atoms with Gasteiger partial charge in [0.25, 0.3) is 11.7 Å². The first-order valence-corrected chi connectivity index (χ1v) is 10.7. The summed E-state index contributed by atoms with van der Waals surface area (Å²) in [5.74, 6) is -0.0174. The molecule has 1 saturated heterocycles. The lowest BCUT2D eigenvalue weighted by atomic mass is 9.98. The van der Waals surface area contributed by atoms with Gasteiger partial charge in [0.1, 0.15) is 30.8 Å². The normalized spacial score (nSPS) is 19.8. The van der Waals surface area contributed by atoms with E-state index in [1.54, 1.807) is 30.3 Å². The molecule has 0 aliphatic carbocycles. The van der Waals surface area contributed by atoms with Crippen molar-refractivity contribution in [2.45, 2.75) is 19.5 Å². The summed E-state index contributed by atoms with van der Waals surface area (Å²) in [4.78, 5) is 28.3. The maximum absolute atomic E-state index is 13.1. The molecule has 8 heteroatoms. The Balaban J connectivity index is 1.64. The number of hydrogen-bond donors (Lipinski definition) is 1. The van der Waals surface area contributed by atoms with Gasteiger partial charge in [-0.1, -0.05) is 0 Å². The Labute approximate surface area is 182 Å². The number of fused-ring (bicyclic) bond motifs is 1. The highest BCUT2D eigenvalue weighted by Gasteiger charge is 2.47. The van der Waals surface area contributed by atoms with E-state index >= 15 is 0 Å². The molecule has 2 aromatic heterocycles. The Bertz CT molecular complexity index is 1190. The molecule has 4 heterocycles. The molecule has 2 aliphatic heterocycles. The molecule has 158 valence electrons. The van der Waals surface area contributed by atoms with Crippen LogP contribution in [0.2, 0.25) is 0 Å². The predicted octanol–water partition coefficient (Wildman–Crippen LogP) is 4.04. The van der Waals surface area contributed by atoms with Crippen LogP contribution in [0.4, 0.5) is 0 Å². The van der Waals surface area contributed by atoms with Crippen molar-refractivity contribution >= 4 is 28.8 Å². The highest BCUT2D eigenvalue weighted by molar-refractivity contribution is 7.10. The van der Waals surface area contributed by atoms with Crippen LogP contribution in [-0.2, 0) is 16.1 Å². The van der Waals surface area contributed by atoms with Crippen molar-refractivity contribution in [3.8, 4) is 11.5 Å². The van der Waals surface area contributed by atoms with Crippen molar-refractivity contribution in [2.24, 2.45) is 0 Å². The van der Waals surface area contributed by atoms with Crippen LogP contribution in [0.5, 0.6) is 11.5 Å². The number of benzene rings is 1. The number of aryl methyl sites for hydroxylation is 1. The van der Waals surface area contributed by atoms with Gasteiger partial charge >= 0.3 is 0 Å². The highest BCUT2D eigenvalue weighted by Crippen LogP contribution is 2.44. The summed E-state index contributed by atoms with van der Waals surface area (Å²) in [5, 5.41) is 13.1. The molecule has 0 radical (unpaired) electrons. The molecule has 1 unspecified atom stereocenters. The van der Waals surface area contributed by atoms with E-state index in [2.05, 4.69) is 0 Å². The van der Waals surface area contributed by atoms with E-state index < -0.39 is 17.7 Å². The molecule has 1 atom stereocenters. The van der Waals surface area contributed by atoms with Crippen molar-refractivity contribution in [1.82, 2.24) is 4.90 Å². The largest absolute Gasteiger partial charge is 0.507 e. The van der Waals surface area contributed by atoms with Gasteiger partial charge in [-0.15, -0.1) is 11.3 Å². The molecule has 1 N–H and O–H groups in total. The van der Waals surface area contributed by atoms with Crippen molar-refractivity contribution in [2.75, 3.05) is 13.2 Å². The second-order valence-corrected chi connectivity index (χ2v) is 8.28. The average molecular weight is 437 g/mol. The number of amides is 1. The summed E-state index contributed by atoms with van der Waals surface area (Å²) in [6, 6.07) is 9.66. The molecule has 2 aliphatic rings. The quantitative estimate of drug-likeness (QED) is 0.376. The van der Waals surface area contributed by atoms with Gasteiger partial charge < -0.3 is 23.9 Å². The molecule has 7 nitrogen and oxygen atoms in total. The van der Waals surface area contributed by atoms with Crippen molar-refractivity contribution in [3.05, 3.63) is 75.4 Å². The summed E-state index contributed by atoms with van der Waals surface area (Å²) in [6.45, 7) is 2.90. The fourth-order valence-electron chi connectivity index (χ4n) is 3.90. The summed E-state index contributed by atoms with van der Waals surface area (Å²) in [5.41, 5.74) is 1.38. The van der Waals surface area contributed by atoms with Crippen LogP contribution < -0.4 is 9.47 Å². The molecule has 31 heavy (non-hydrogen) atoms. The number of Topliss-reactive ketones (excluding diaryl/α,β-unsaturated/α-hetero) is 1. The van der Waals surface area contributed by atoms with Gasteiger partial charge in [0.2, 0.25) is 0 Å². The van der Waals surface area contributed by atoms with Crippen molar-refractivity contribution < 1.29 is 28.6 Å². The number of carbonyl (C=O) groups excluding carboxylic acids is 2. The monoisotopic (exact) mass is 437 g/mol. The minimum atomic E-state index is -0.725. The molecule has 1 amide bonds. The second kappa shape index (κ2) is 7.63. The van der Waals surface area contributed by atoms with Crippen LogP contribution in [0, 0.1) is 6.92 Å². The minimum absolute atomic E-state index is 0.0544. The van der Waals surface area contributed by atoms with Crippen LogP contribution in [0.15, 0.2) is 58.0 Å². The summed E-state index contributed by atoms with van der Waals surface area (Å²) >= 11 is 1.44. The Morgan fingerprint density at radius 3 is 2.68 bits per heavy atom. The van der Waals surface area contributed by atoms with Gasteiger partial charge in [0.15, 0.2) is 11.5 Å². The predicted molar refractivity (Wildman–Crippen MR) is 113 cm³/mol. The smallest absolute Gasteiger partial charge is 0.296 e. The number of hydrogen-bond acceptors (Lipinski definition) is 7. The van der Waals surface area contributed by atoms with E-state index in [9.17, 15) is 14.7 Å². The Hall–Kier alpha value is -3.52. The Kier molecular flexibility index (Phi) is 4.78. The molecule has 0 saturated carbocycles. The summed E-state index contributed by atoms with van der Waals surface area (Å²) < 4.78 is 16.5. The number of carbonyl (C=O) groups is 2. The van der Waals surface area contributed by atoms with Gasteiger partial charge in [-0.3, -0.25) is 9.59 Å². The number of aliphatic hydroxyl groups is 1. The summed E-state index contributed by atoms with van der Waals surface area (Å²) in [7, 11) is 0. The first kappa shape index (κ1) is 19.4. The number of aliphatic hydroxyl groups excluding tert-OH is 1. The lowest BCUT2D eigenvalue weighted by molar-refractivity contribution is -0.140. The number of likely N-dealkylation sites (tertiary alicyclic amines) is 1. The number of thiophene rings is 1. The number of ketones is 1. The van der Waals surface area contributed by atoms with Gasteiger partial charge in [-0.05, 0) is 54.3 Å². The molecule has 0 spiro atoms. The number of furan rings is 1. The third-order valence-electron chi connectivity index (χ3n) is 5.41. The van der Waals surface area contributed by atoms with Gasteiger partial charge in [-0.25, -0.2) is 0 Å². The molecule has 5 rings (SSSR count). The standard InChI is InChI=1S/C23H19NO6S/c1-13-6-10-31-22(13)19-18(21(26)23(27)24(19)12-15-3-2-7-28-15)20(25)14-4-5-16-17(11-14)30-9-8-29-16/h2-7,10-11,19,25H,8-9,12H2,1H3/b20-18-. The van der Waals surface area contributed by atoms with Crippen LogP contribution in [0.1, 0.15) is 27.8 Å². The zero-order valence-electron chi connectivity index (χ0n) is 16.7. The molecule has 0 bridgehead atoms. The minimum Gasteiger partial charge on any atom is -0.507 e. The Morgan fingerprint density at radius 2 is 1.97 bits per heavy atom. The summed E-state index contributed by atoms with van der Waals surface area (Å²) in [6.07, 6.45) is 1.52. The van der Waals surface area contributed by atoms with E-state index in [0.29, 0.717) is 36.0 Å². The van der Waals surface area contributed by atoms with Crippen LogP contribution in [0.25, 0.3) is 5.76 Å². The first-order valence-electron chi connectivity index (χ1n) is 9.79. The molecule has 1 fully saturated rings. The number of rotatable bonds is 4. The highest BCUT2D eigenvalue weighted by atomic mass is 32.1. The maximum atomic E-state index is 13.1. The zero-order valence-corrected chi connectivity index (χ0v) is 17.5. The molecular weight excluding hydrogens is 418 g/mol. The topological polar surface area (TPSA) is 89.2 Å². The van der Waals surface area contributed by atoms with Crippen molar-refractivity contribution in [3.63, 3.8) is 0 Å². The van der Waals surface area contributed by atoms with Crippen molar-refractivity contribution in [1.29, 1.82) is 0 Å². The zero-order chi connectivity index (χ0) is 21.5. The van der Waals surface area contributed by atoms with Gasteiger partial charge in [0.05, 0.1) is 18.4 Å². The second-order valence-electron chi connectivity index (χ2n) is 7.33. The SMILES string of the molecule is Cc1ccsc1C1/C(=C(/O)c2ccc3c(c2)OCCO3)C(=O)C(=O)N1Cc1ccco1. The van der Waals surface area contributed by atoms with E-state index in [1.807, 2.05) is 18.4 Å². The van der Waals surface area contributed by atoms with Crippen LogP contribution in [0.3, 0.4) is 0 Å². The maximum Gasteiger partial charge on any atom is 0.296 e. The average Bonchev–Trinajstić information content (AvgIpc) is 3.50. The van der Waals surface area contributed by atoms with Gasteiger partial charge in [0, 0.05) is 10.4 Å². The van der Waals surface area contributed by atoms with Crippen LogP contribution in [-0.4, -0.2) is 34.9 Å². The lowest BCUT2D eigenvalue weighted by Crippen LogP contribution is -2.28. The fourth-order valence-corrected chi connectivity index (χ4v) is 4.94. The number of nitrogens with zero attached hydrogens (tertiary/aromatic N) is 1. The van der Waals surface area contributed by atoms with E-state index in [-0.39, 0.29) is 17.9 Å². The third kappa shape index (κ3) is 3.29. The lowest BCUT2D eigenvalue weighted by Gasteiger charge is -2.24. The van der Waals surface area contributed by atoms with E-state index in [1.165, 1.54) is 22.5 Å².